The van der Waals surface area contributed by atoms with Crippen LogP contribution in [0.3, 0.4) is 0 Å². The quantitative estimate of drug-likeness (QED) is 0.626. The number of carbonyl (C=O) groups is 2. The highest BCUT2D eigenvalue weighted by Crippen LogP contribution is 2.41. The average Bonchev–Trinajstić information content (AvgIpc) is 3.31. The molecule has 0 spiro atoms. The van der Waals surface area contributed by atoms with Gasteiger partial charge in [0, 0.05) is 39.0 Å². The molecule has 1 atom stereocenters. The lowest BCUT2D eigenvalue weighted by atomic mass is 9.72. The van der Waals surface area contributed by atoms with Crippen LogP contribution < -0.4 is 4.72 Å². The molecule has 0 radical (unpaired) electrons. The second-order valence-corrected chi connectivity index (χ2v) is 11.4. The molecule has 9 nitrogen and oxygen atoms in total. The molecule has 0 saturated carbocycles. The molecule has 1 N–H and O–H groups in total. The molecule has 2 fully saturated rings. The van der Waals surface area contributed by atoms with Gasteiger partial charge in [-0.05, 0) is 50.3 Å². The first-order valence-electron chi connectivity index (χ1n) is 11.1. The average molecular weight is 496 g/mol. The monoisotopic (exact) mass is 495 g/mol. The third-order valence-electron chi connectivity index (χ3n) is 6.49. The van der Waals surface area contributed by atoms with Crippen LogP contribution in [0.15, 0.2) is 23.7 Å². The van der Waals surface area contributed by atoms with Crippen molar-refractivity contribution < 1.29 is 27.5 Å². The van der Waals surface area contributed by atoms with Crippen molar-refractivity contribution >= 4 is 43.4 Å². The van der Waals surface area contributed by atoms with E-state index in [-0.39, 0.29) is 29.9 Å². The molecule has 2 saturated heterocycles. The first-order chi connectivity index (χ1) is 15.8. The molecule has 3 heterocycles. The normalized spacial score (nSPS) is 20.9. The number of carbonyl (C=O) groups excluding carboxylic acids is 2. The number of hydrogen-bond donors (Lipinski definition) is 1. The van der Waals surface area contributed by atoms with E-state index in [1.54, 1.807) is 30.8 Å². The summed E-state index contributed by atoms with van der Waals surface area (Å²) >= 11 is 1.44. The van der Waals surface area contributed by atoms with Gasteiger partial charge in [-0.15, -0.1) is 11.3 Å². The minimum atomic E-state index is -3.94. The summed E-state index contributed by atoms with van der Waals surface area (Å²) in [5.41, 5.74) is 1.84. The van der Waals surface area contributed by atoms with Gasteiger partial charge < -0.3 is 14.4 Å². The van der Waals surface area contributed by atoms with Gasteiger partial charge in [0.05, 0.1) is 33.0 Å². The number of nitrogens with one attached hydrogen (secondary N) is 1. The van der Waals surface area contributed by atoms with Crippen LogP contribution in [0.2, 0.25) is 0 Å². The van der Waals surface area contributed by atoms with Crippen molar-refractivity contribution in [3.05, 3.63) is 29.3 Å². The van der Waals surface area contributed by atoms with Gasteiger partial charge in [0.25, 0.3) is 5.91 Å². The molecule has 2 amide bonds. The second kappa shape index (κ2) is 10.0. The Kier molecular flexibility index (Phi) is 7.32. The molecule has 0 aliphatic carbocycles. The molecule has 2 aromatic rings. The van der Waals surface area contributed by atoms with Gasteiger partial charge in [0.15, 0.2) is 0 Å². The molecule has 1 aromatic heterocycles. The van der Waals surface area contributed by atoms with Crippen molar-refractivity contribution in [2.24, 2.45) is 5.41 Å². The Balaban J connectivity index is 1.39. The van der Waals surface area contributed by atoms with Crippen LogP contribution >= 0.6 is 11.3 Å². The number of sulfonamides is 1. The number of ether oxygens (including phenoxy) is 2. The molecule has 33 heavy (non-hydrogen) atoms. The van der Waals surface area contributed by atoms with Crippen LogP contribution in [0.1, 0.15) is 42.5 Å². The summed E-state index contributed by atoms with van der Waals surface area (Å²) in [4.78, 5) is 31.6. The fraction of sp³-hybridized carbons (Fsp3) is 0.591. The van der Waals surface area contributed by atoms with E-state index in [2.05, 4.69) is 9.71 Å². The van der Waals surface area contributed by atoms with E-state index in [1.165, 1.54) is 16.2 Å². The topological polar surface area (TPSA) is 115 Å². The largest absolute Gasteiger partial charge is 0.381 e. The van der Waals surface area contributed by atoms with E-state index < -0.39 is 21.3 Å². The minimum Gasteiger partial charge on any atom is -0.381 e. The Bertz CT molecular complexity index is 1100. The predicted molar refractivity (Wildman–Crippen MR) is 125 cm³/mol. The molecule has 2 aliphatic rings. The van der Waals surface area contributed by atoms with Crippen molar-refractivity contribution in [2.45, 2.75) is 38.2 Å². The number of benzene rings is 1. The molecular formula is C22H29N3O6S2. The number of nitrogens with zero attached hydrogens (tertiary/aromatic N) is 2. The second-order valence-electron chi connectivity index (χ2n) is 8.64. The van der Waals surface area contributed by atoms with Gasteiger partial charge in [-0.2, -0.15) is 0 Å². The molecule has 0 bridgehead atoms. The summed E-state index contributed by atoms with van der Waals surface area (Å²) in [5.74, 6) is -1.21. The smallest absolute Gasteiger partial charge is 0.264 e. The summed E-state index contributed by atoms with van der Waals surface area (Å²) in [6, 6.07) is 4.87. The summed E-state index contributed by atoms with van der Waals surface area (Å²) in [6.07, 6.45) is 3.75. The van der Waals surface area contributed by atoms with Gasteiger partial charge in [-0.25, -0.2) is 18.1 Å². The summed E-state index contributed by atoms with van der Waals surface area (Å²) in [6.45, 7) is 1.58. The first kappa shape index (κ1) is 24.1. The van der Waals surface area contributed by atoms with E-state index in [0.717, 1.165) is 24.0 Å². The summed E-state index contributed by atoms with van der Waals surface area (Å²) in [7, 11) is -2.33. The Labute approximate surface area is 197 Å². The van der Waals surface area contributed by atoms with Crippen molar-refractivity contribution in [3.63, 3.8) is 0 Å². The maximum absolute atomic E-state index is 13.5. The molecule has 11 heteroatoms. The van der Waals surface area contributed by atoms with Crippen LogP contribution in [-0.2, 0) is 24.3 Å². The van der Waals surface area contributed by atoms with Gasteiger partial charge in [0.2, 0.25) is 15.9 Å². The van der Waals surface area contributed by atoms with Gasteiger partial charge >= 0.3 is 0 Å². The van der Waals surface area contributed by atoms with Gasteiger partial charge in [-0.1, -0.05) is 0 Å². The zero-order valence-corrected chi connectivity index (χ0v) is 20.3. The number of rotatable bonds is 7. The standard InChI is InChI=1S/C22H29N3O6S2/c1-25(21(27)22(7-11-30-12-8-22)19-4-2-3-10-31-19)9-13-33(28,29)24-20(26)16-5-6-18-17(14-16)23-15-32-18/h5-6,14-15,19H,2-4,7-13H2,1H3,(H,24,26). The van der Waals surface area contributed by atoms with Crippen LogP contribution in [0.4, 0.5) is 0 Å². The number of aromatic nitrogens is 1. The Morgan fingerprint density at radius 3 is 2.76 bits per heavy atom. The summed E-state index contributed by atoms with van der Waals surface area (Å²) < 4.78 is 39.7. The third-order valence-corrected chi connectivity index (χ3v) is 8.52. The van der Waals surface area contributed by atoms with Crippen LogP contribution in [-0.4, -0.2) is 75.4 Å². The highest BCUT2D eigenvalue weighted by molar-refractivity contribution is 7.90. The van der Waals surface area contributed by atoms with E-state index in [4.69, 9.17) is 9.47 Å². The number of amides is 2. The van der Waals surface area contributed by atoms with Crippen LogP contribution in [0.25, 0.3) is 10.2 Å². The highest BCUT2D eigenvalue weighted by atomic mass is 32.2. The van der Waals surface area contributed by atoms with E-state index >= 15 is 0 Å². The van der Waals surface area contributed by atoms with Gasteiger partial charge in [-0.3, -0.25) is 9.59 Å². The molecule has 4 rings (SSSR count). The SMILES string of the molecule is CN(CCS(=O)(=O)NC(=O)c1ccc2scnc2c1)C(=O)C1(C2CCCCO2)CCOCC1. The lowest BCUT2D eigenvalue weighted by molar-refractivity contribution is -0.166. The molecular weight excluding hydrogens is 466 g/mol. The lowest BCUT2D eigenvalue weighted by Gasteiger charge is -2.45. The van der Waals surface area contributed by atoms with E-state index in [1.807, 2.05) is 0 Å². The maximum Gasteiger partial charge on any atom is 0.264 e. The fourth-order valence-electron chi connectivity index (χ4n) is 4.57. The number of fused-ring (bicyclic) bond motifs is 1. The fourth-order valence-corrected chi connectivity index (χ4v) is 6.25. The Morgan fingerprint density at radius 2 is 2.03 bits per heavy atom. The third kappa shape index (κ3) is 5.37. The van der Waals surface area contributed by atoms with E-state index in [0.29, 0.717) is 38.2 Å². The van der Waals surface area contributed by atoms with Gasteiger partial charge in [0.1, 0.15) is 0 Å². The summed E-state index contributed by atoms with van der Waals surface area (Å²) in [5, 5.41) is 0. The lowest BCUT2D eigenvalue weighted by Crippen LogP contribution is -2.54. The van der Waals surface area contributed by atoms with Crippen LogP contribution in [0.5, 0.6) is 0 Å². The zero-order chi connectivity index (χ0) is 23.5. The molecule has 1 unspecified atom stereocenters. The first-order valence-corrected chi connectivity index (χ1v) is 13.7. The zero-order valence-electron chi connectivity index (χ0n) is 18.6. The van der Waals surface area contributed by atoms with Crippen LogP contribution in [0, 0.1) is 5.41 Å². The number of thiazole rings is 1. The molecule has 2 aliphatic heterocycles. The van der Waals surface area contributed by atoms with Crippen molar-refractivity contribution in [2.75, 3.05) is 39.2 Å². The number of hydrogen-bond acceptors (Lipinski definition) is 8. The van der Waals surface area contributed by atoms with E-state index in [9.17, 15) is 18.0 Å². The molecule has 180 valence electrons. The highest BCUT2D eigenvalue weighted by Gasteiger charge is 2.49. The Hall–Kier alpha value is -2.08. The van der Waals surface area contributed by atoms with Crippen molar-refractivity contribution in [1.82, 2.24) is 14.6 Å². The minimum absolute atomic E-state index is 0.0259. The molecule has 1 aromatic carbocycles. The van der Waals surface area contributed by atoms with Crippen molar-refractivity contribution in [3.8, 4) is 0 Å². The van der Waals surface area contributed by atoms with Crippen molar-refractivity contribution in [1.29, 1.82) is 0 Å². The maximum atomic E-state index is 13.5. The predicted octanol–water partition coefficient (Wildman–Crippen LogP) is 2.18. The Morgan fingerprint density at radius 1 is 1.24 bits per heavy atom.